The molecule has 0 unspecified atom stereocenters. The van der Waals surface area contributed by atoms with E-state index < -0.39 is 0 Å². The van der Waals surface area contributed by atoms with Crippen molar-refractivity contribution in [2.75, 3.05) is 18.5 Å². The second kappa shape index (κ2) is 5.72. The minimum Gasteiger partial charge on any atom is -0.486 e. The third-order valence-corrected chi connectivity index (χ3v) is 4.65. The third-order valence-electron chi connectivity index (χ3n) is 3.39. The number of fused-ring (bicyclic) bond motifs is 2. The van der Waals surface area contributed by atoms with Crippen LogP contribution in [0.25, 0.3) is 10.2 Å². The molecule has 1 aliphatic rings. The SMILES string of the molecule is O=C(Nc1nc2cc3c(cc2s1)OCCO3)c1ccccc1Cl. The number of amides is 1. The third kappa shape index (κ3) is 2.71. The van der Waals surface area contributed by atoms with Crippen LogP contribution in [-0.2, 0) is 0 Å². The molecule has 0 radical (unpaired) electrons. The Balaban J connectivity index is 1.64. The highest BCUT2D eigenvalue weighted by Crippen LogP contribution is 2.37. The number of nitrogens with one attached hydrogen (secondary N) is 1. The maximum Gasteiger partial charge on any atom is 0.258 e. The number of aromatic nitrogens is 1. The summed E-state index contributed by atoms with van der Waals surface area (Å²) in [4.78, 5) is 16.7. The molecule has 0 saturated heterocycles. The number of anilines is 1. The molecular weight excluding hydrogens is 336 g/mol. The number of ether oxygens (including phenoxy) is 2. The van der Waals surface area contributed by atoms with E-state index in [1.807, 2.05) is 12.1 Å². The summed E-state index contributed by atoms with van der Waals surface area (Å²) in [6, 6.07) is 10.6. The first-order valence-electron chi connectivity index (χ1n) is 6.97. The quantitative estimate of drug-likeness (QED) is 0.762. The van der Waals surface area contributed by atoms with Gasteiger partial charge in [-0.05, 0) is 12.1 Å². The molecule has 5 nitrogen and oxygen atoms in total. The Morgan fingerprint density at radius 2 is 1.91 bits per heavy atom. The molecule has 0 aliphatic carbocycles. The lowest BCUT2D eigenvalue weighted by molar-refractivity contribution is 0.102. The number of rotatable bonds is 2. The number of hydrogen-bond donors (Lipinski definition) is 1. The van der Waals surface area contributed by atoms with E-state index in [9.17, 15) is 4.79 Å². The first-order valence-corrected chi connectivity index (χ1v) is 8.16. The van der Waals surface area contributed by atoms with Crippen molar-refractivity contribution in [2.24, 2.45) is 0 Å². The first kappa shape index (κ1) is 14.3. The van der Waals surface area contributed by atoms with Gasteiger partial charge in [0.05, 0.1) is 20.8 Å². The zero-order valence-corrected chi connectivity index (χ0v) is 13.4. The van der Waals surface area contributed by atoms with Crippen molar-refractivity contribution in [2.45, 2.75) is 0 Å². The summed E-state index contributed by atoms with van der Waals surface area (Å²) in [6.07, 6.45) is 0. The summed E-state index contributed by atoms with van der Waals surface area (Å²) in [7, 11) is 0. The Morgan fingerprint density at radius 1 is 1.17 bits per heavy atom. The van der Waals surface area contributed by atoms with Crippen LogP contribution < -0.4 is 14.8 Å². The number of halogens is 1. The largest absolute Gasteiger partial charge is 0.486 e. The summed E-state index contributed by atoms with van der Waals surface area (Å²) >= 11 is 7.42. The minimum absolute atomic E-state index is 0.285. The summed E-state index contributed by atoms with van der Waals surface area (Å²) in [5, 5.41) is 3.69. The number of nitrogens with zero attached hydrogens (tertiary/aromatic N) is 1. The van der Waals surface area contributed by atoms with Gasteiger partial charge in [0.25, 0.3) is 5.91 Å². The minimum atomic E-state index is -0.285. The second-order valence-corrected chi connectivity index (χ2v) is 6.35. The number of carbonyl (C=O) groups excluding carboxylic acids is 1. The van der Waals surface area contributed by atoms with Gasteiger partial charge in [-0.1, -0.05) is 35.1 Å². The van der Waals surface area contributed by atoms with Crippen LogP contribution in [0.4, 0.5) is 5.13 Å². The van der Waals surface area contributed by atoms with Crippen molar-refractivity contribution in [3.8, 4) is 11.5 Å². The molecule has 3 aromatic rings. The van der Waals surface area contributed by atoms with Crippen molar-refractivity contribution in [3.05, 3.63) is 47.0 Å². The van der Waals surface area contributed by atoms with Crippen LogP contribution in [0, 0.1) is 0 Å². The van der Waals surface area contributed by atoms with Crippen LogP contribution in [0.3, 0.4) is 0 Å². The van der Waals surface area contributed by atoms with Crippen LogP contribution in [0.5, 0.6) is 11.5 Å². The van der Waals surface area contributed by atoms with Gasteiger partial charge < -0.3 is 9.47 Å². The molecule has 0 bridgehead atoms. The van der Waals surface area contributed by atoms with Crippen LogP contribution >= 0.6 is 22.9 Å². The number of thiazole rings is 1. The highest BCUT2D eigenvalue weighted by atomic mass is 35.5. The monoisotopic (exact) mass is 346 g/mol. The standard InChI is InChI=1S/C16H11ClN2O3S/c17-10-4-2-1-3-9(10)15(20)19-16-18-11-7-12-13(8-14(11)23-16)22-6-5-21-12/h1-4,7-8H,5-6H2,(H,18,19,20). The lowest BCUT2D eigenvalue weighted by Crippen LogP contribution is -2.15. The van der Waals surface area contributed by atoms with Gasteiger partial charge in [0.15, 0.2) is 16.6 Å². The van der Waals surface area contributed by atoms with E-state index >= 15 is 0 Å². The maximum atomic E-state index is 12.3. The summed E-state index contributed by atoms with van der Waals surface area (Å²) in [5.74, 6) is 1.10. The summed E-state index contributed by atoms with van der Waals surface area (Å²) in [6.45, 7) is 1.06. The fraction of sp³-hybridized carbons (Fsp3) is 0.125. The first-order chi connectivity index (χ1) is 11.2. The summed E-state index contributed by atoms with van der Waals surface area (Å²) in [5.41, 5.74) is 1.17. The molecule has 7 heteroatoms. The fourth-order valence-corrected chi connectivity index (χ4v) is 3.42. The van der Waals surface area contributed by atoms with E-state index in [1.165, 1.54) is 11.3 Å². The topological polar surface area (TPSA) is 60.5 Å². The average Bonchev–Trinajstić information content (AvgIpc) is 2.93. The van der Waals surface area contributed by atoms with Gasteiger partial charge in [-0.3, -0.25) is 10.1 Å². The Kier molecular flexibility index (Phi) is 3.55. The lowest BCUT2D eigenvalue weighted by atomic mass is 10.2. The molecule has 1 aromatic heterocycles. The highest BCUT2D eigenvalue weighted by Gasteiger charge is 2.17. The van der Waals surface area contributed by atoms with E-state index in [0.29, 0.717) is 40.4 Å². The highest BCUT2D eigenvalue weighted by molar-refractivity contribution is 7.22. The molecule has 2 heterocycles. The van der Waals surface area contributed by atoms with Crippen LogP contribution in [-0.4, -0.2) is 24.1 Å². The predicted octanol–water partition coefficient (Wildman–Crippen LogP) is 3.97. The normalized spacial score (nSPS) is 13.1. The Hall–Kier alpha value is -2.31. The van der Waals surface area contributed by atoms with Gasteiger partial charge >= 0.3 is 0 Å². The molecule has 23 heavy (non-hydrogen) atoms. The molecule has 116 valence electrons. The molecule has 0 fully saturated rings. The Morgan fingerprint density at radius 3 is 2.70 bits per heavy atom. The molecule has 0 atom stereocenters. The van der Waals surface area contributed by atoms with Gasteiger partial charge in [-0.25, -0.2) is 4.98 Å². The van der Waals surface area contributed by atoms with Gasteiger partial charge in [0.1, 0.15) is 13.2 Å². The molecule has 4 rings (SSSR count). The smallest absolute Gasteiger partial charge is 0.258 e. The molecule has 1 amide bonds. The second-order valence-electron chi connectivity index (χ2n) is 4.92. The number of hydrogen-bond acceptors (Lipinski definition) is 5. The van der Waals surface area contributed by atoms with Gasteiger partial charge in [-0.2, -0.15) is 0 Å². The average molecular weight is 347 g/mol. The van der Waals surface area contributed by atoms with Gasteiger partial charge in [0, 0.05) is 12.1 Å². The fourth-order valence-electron chi connectivity index (χ4n) is 2.33. The van der Waals surface area contributed by atoms with Crippen molar-refractivity contribution < 1.29 is 14.3 Å². The van der Waals surface area contributed by atoms with E-state index in [1.54, 1.807) is 24.3 Å². The zero-order chi connectivity index (χ0) is 15.8. The van der Waals surface area contributed by atoms with Gasteiger partial charge in [-0.15, -0.1) is 0 Å². The van der Waals surface area contributed by atoms with Gasteiger partial charge in [0.2, 0.25) is 0 Å². The molecule has 1 aliphatic heterocycles. The van der Waals surface area contributed by atoms with Crippen molar-refractivity contribution in [3.63, 3.8) is 0 Å². The van der Waals surface area contributed by atoms with Crippen molar-refractivity contribution in [1.29, 1.82) is 0 Å². The number of benzene rings is 2. The van der Waals surface area contributed by atoms with E-state index in [-0.39, 0.29) is 5.91 Å². The number of carbonyl (C=O) groups is 1. The van der Waals surface area contributed by atoms with Crippen LogP contribution in [0.1, 0.15) is 10.4 Å². The molecular formula is C16H11ClN2O3S. The van der Waals surface area contributed by atoms with Crippen molar-refractivity contribution in [1.82, 2.24) is 4.98 Å². The van der Waals surface area contributed by atoms with E-state index in [4.69, 9.17) is 21.1 Å². The van der Waals surface area contributed by atoms with E-state index in [2.05, 4.69) is 10.3 Å². The molecule has 0 saturated carbocycles. The van der Waals surface area contributed by atoms with Crippen LogP contribution in [0.15, 0.2) is 36.4 Å². The molecule has 2 aromatic carbocycles. The Bertz CT molecular complexity index is 866. The van der Waals surface area contributed by atoms with Crippen molar-refractivity contribution >= 4 is 44.2 Å². The van der Waals surface area contributed by atoms with E-state index in [0.717, 1.165) is 10.2 Å². The lowest BCUT2D eigenvalue weighted by Gasteiger charge is -2.17. The molecule has 1 N–H and O–H groups in total. The predicted molar refractivity (Wildman–Crippen MR) is 90.0 cm³/mol. The summed E-state index contributed by atoms with van der Waals surface area (Å²) < 4.78 is 12.0. The maximum absolute atomic E-state index is 12.3. The Labute approximate surface area is 140 Å². The molecule has 0 spiro atoms. The van der Waals surface area contributed by atoms with Crippen LogP contribution in [0.2, 0.25) is 5.02 Å². The zero-order valence-electron chi connectivity index (χ0n) is 11.8.